The minimum Gasteiger partial charge on any atom is -0.357 e. The Bertz CT molecular complexity index is 675. The van der Waals surface area contributed by atoms with E-state index in [1.54, 1.807) is 0 Å². The Morgan fingerprint density at radius 1 is 1.54 bits per heavy atom. The molecule has 10 heteroatoms. The monoisotopic (exact) mass is 501 g/mol. The van der Waals surface area contributed by atoms with E-state index in [9.17, 15) is 13.2 Å². The van der Waals surface area contributed by atoms with E-state index in [0.29, 0.717) is 31.4 Å². The summed E-state index contributed by atoms with van der Waals surface area (Å²) >= 11 is 6.00. The average molecular weight is 502 g/mol. The van der Waals surface area contributed by atoms with Gasteiger partial charge < -0.3 is 15.5 Å². The first kappa shape index (κ1) is 22.6. The summed E-state index contributed by atoms with van der Waals surface area (Å²) in [7, 11) is 0. The van der Waals surface area contributed by atoms with Crippen LogP contribution < -0.4 is 15.5 Å². The highest BCUT2D eigenvalue weighted by Gasteiger charge is 2.33. The van der Waals surface area contributed by atoms with Gasteiger partial charge in [0.05, 0.1) is 10.6 Å². The number of anilines is 1. The lowest BCUT2D eigenvalue weighted by Crippen LogP contribution is -2.44. The first-order chi connectivity index (χ1) is 11.8. The average Bonchev–Trinajstić information content (AvgIpc) is 3.00. The molecule has 1 fully saturated rings. The minimum absolute atomic E-state index is 0. The second-order valence-corrected chi connectivity index (χ2v) is 5.91. The SMILES string of the molecule is C#CCN=C(NCC)NC1CCN(c2ncc(C(F)(F)F)cc2Cl)C1.I. The van der Waals surface area contributed by atoms with E-state index in [1.165, 1.54) is 0 Å². The number of hydrogen-bond acceptors (Lipinski definition) is 3. The first-order valence-electron chi connectivity index (χ1n) is 7.81. The Balaban J connectivity index is 0.00000338. The Morgan fingerprint density at radius 3 is 2.85 bits per heavy atom. The maximum atomic E-state index is 12.7. The molecule has 5 nitrogen and oxygen atoms in total. The number of aliphatic imine (C=N–C) groups is 1. The van der Waals surface area contributed by atoms with Crippen molar-refractivity contribution < 1.29 is 13.2 Å². The molecule has 1 aromatic heterocycles. The standard InChI is InChI=1S/C16H19ClF3N5.HI/c1-3-6-22-15(21-4-2)24-12-5-7-25(10-12)14-13(17)8-11(9-23-14)16(18,19)20;/h1,8-9,12H,4-7,10H2,2H3,(H2,21,22,24);1H. The molecule has 26 heavy (non-hydrogen) atoms. The zero-order valence-corrected chi connectivity index (χ0v) is 17.2. The van der Waals surface area contributed by atoms with Gasteiger partial charge in [0, 0.05) is 31.9 Å². The van der Waals surface area contributed by atoms with Gasteiger partial charge in [-0.3, -0.25) is 0 Å². The van der Waals surface area contributed by atoms with Crippen LogP contribution in [-0.2, 0) is 6.18 Å². The number of hydrogen-bond donors (Lipinski definition) is 2. The topological polar surface area (TPSA) is 52.6 Å². The molecule has 1 unspecified atom stereocenters. The van der Waals surface area contributed by atoms with Gasteiger partial charge in [0.25, 0.3) is 0 Å². The molecule has 0 aromatic carbocycles. The minimum atomic E-state index is -4.46. The quantitative estimate of drug-likeness (QED) is 0.288. The second kappa shape index (κ2) is 10.1. The Hall–Kier alpha value is -1.41. The van der Waals surface area contributed by atoms with Gasteiger partial charge in [-0.25, -0.2) is 9.98 Å². The van der Waals surface area contributed by atoms with Gasteiger partial charge in [0.2, 0.25) is 0 Å². The number of alkyl halides is 3. The highest BCUT2D eigenvalue weighted by molar-refractivity contribution is 14.0. The van der Waals surface area contributed by atoms with Gasteiger partial charge in [-0.1, -0.05) is 17.5 Å². The molecule has 2 rings (SSSR count). The third kappa shape index (κ3) is 6.09. The van der Waals surface area contributed by atoms with Crippen LogP contribution in [0.4, 0.5) is 19.0 Å². The smallest absolute Gasteiger partial charge is 0.357 e. The summed E-state index contributed by atoms with van der Waals surface area (Å²) in [6.45, 7) is 4.08. The molecule has 0 radical (unpaired) electrons. The number of nitrogens with one attached hydrogen (secondary N) is 2. The van der Waals surface area contributed by atoms with Gasteiger partial charge in [0.15, 0.2) is 5.96 Å². The lowest BCUT2D eigenvalue weighted by Gasteiger charge is -2.21. The number of guanidine groups is 1. The van der Waals surface area contributed by atoms with Crippen LogP contribution in [0.1, 0.15) is 18.9 Å². The van der Waals surface area contributed by atoms with Gasteiger partial charge in [0.1, 0.15) is 12.4 Å². The fraction of sp³-hybridized carbons (Fsp3) is 0.500. The summed E-state index contributed by atoms with van der Waals surface area (Å²) in [6.07, 6.45) is 2.34. The maximum absolute atomic E-state index is 12.7. The van der Waals surface area contributed by atoms with Gasteiger partial charge in [-0.15, -0.1) is 30.4 Å². The van der Waals surface area contributed by atoms with Crippen LogP contribution >= 0.6 is 35.6 Å². The van der Waals surface area contributed by atoms with Crippen molar-refractivity contribution in [1.82, 2.24) is 15.6 Å². The van der Waals surface area contributed by atoms with Crippen molar-refractivity contribution >= 4 is 47.4 Å². The number of nitrogens with zero attached hydrogens (tertiary/aromatic N) is 3. The molecular formula is C16H20ClF3IN5. The Labute approximate surface area is 172 Å². The summed E-state index contributed by atoms with van der Waals surface area (Å²) < 4.78 is 38.1. The molecule has 1 aliphatic heterocycles. The normalized spacial score (nSPS) is 17.5. The van der Waals surface area contributed by atoms with E-state index in [-0.39, 0.29) is 41.6 Å². The van der Waals surface area contributed by atoms with Crippen LogP contribution in [0.5, 0.6) is 0 Å². The predicted molar refractivity (Wildman–Crippen MR) is 108 cm³/mol. The van der Waals surface area contributed by atoms with Crippen LogP contribution in [0.3, 0.4) is 0 Å². The molecule has 1 aliphatic rings. The van der Waals surface area contributed by atoms with Crippen molar-refractivity contribution in [3.05, 3.63) is 22.8 Å². The third-order valence-corrected chi connectivity index (χ3v) is 3.93. The maximum Gasteiger partial charge on any atom is 0.417 e. The Kier molecular flexibility index (Phi) is 8.76. The summed E-state index contributed by atoms with van der Waals surface area (Å²) in [5.41, 5.74) is -0.856. The van der Waals surface area contributed by atoms with E-state index < -0.39 is 11.7 Å². The molecule has 144 valence electrons. The molecule has 1 saturated heterocycles. The lowest BCUT2D eigenvalue weighted by atomic mass is 10.2. The first-order valence-corrected chi connectivity index (χ1v) is 8.19. The van der Waals surface area contributed by atoms with Crippen molar-refractivity contribution in [3.63, 3.8) is 0 Å². The second-order valence-electron chi connectivity index (χ2n) is 5.50. The number of pyridine rings is 1. The molecule has 2 heterocycles. The number of rotatable bonds is 4. The van der Waals surface area contributed by atoms with Crippen LogP contribution in [0.2, 0.25) is 5.02 Å². The number of halogens is 5. The van der Waals surface area contributed by atoms with Crippen LogP contribution in [0.25, 0.3) is 0 Å². The van der Waals surface area contributed by atoms with Crippen molar-refractivity contribution in [2.24, 2.45) is 4.99 Å². The van der Waals surface area contributed by atoms with E-state index in [2.05, 4.69) is 26.5 Å². The van der Waals surface area contributed by atoms with Crippen LogP contribution in [0.15, 0.2) is 17.3 Å². The highest BCUT2D eigenvalue weighted by Crippen LogP contribution is 2.34. The van der Waals surface area contributed by atoms with Crippen molar-refractivity contribution in [2.45, 2.75) is 25.6 Å². The summed E-state index contributed by atoms with van der Waals surface area (Å²) in [6, 6.07) is 0.971. The Morgan fingerprint density at radius 2 is 2.27 bits per heavy atom. The molecule has 2 N–H and O–H groups in total. The summed E-state index contributed by atoms with van der Waals surface area (Å²) in [4.78, 5) is 9.97. The van der Waals surface area contributed by atoms with Crippen LogP contribution in [-0.4, -0.2) is 43.2 Å². The van der Waals surface area contributed by atoms with Gasteiger partial charge in [-0.2, -0.15) is 13.2 Å². The highest BCUT2D eigenvalue weighted by atomic mass is 127. The van der Waals surface area contributed by atoms with Gasteiger partial charge in [-0.05, 0) is 19.4 Å². The van der Waals surface area contributed by atoms with Crippen molar-refractivity contribution in [3.8, 4) is 12.3 Å². The number of terminal acetylenes is 1. The molecule has 1 aromatic rings. The largest absolute Gasteiger partial charge is 0.417 e. The van der Waals surface area contributed by atoms with E-state index in [1.807, 2.05) is 11.8 Å². The lowest BCUT2D eigenvalue weighted by molar-refractivity contribution is -0.137. The van der Waals surface area contributed by atoms with Crippen molar-refractivity contribution in [2.75, 3.05) is 31.1 Å². The van der Waals surface area contributed by atoms with E-state index in [0.717, 1.165) is 18.7 Å². The molecule has 0 bridgehead atoms. The number of aromatic nitrogens is 1. The third-order valence-electron chi connectivity index (χ3n) is 3.65. The molecule has 0 saturated carbocycles. The molecule has 1 atom stereocenters. The zero-order chi connectivity index (χ0) is 18.4. The van der Waals surface area contributed by atoms with Gasteiger partial charge >= 0.3 is 6.18 Å². The van der Waals surface area contributed by atoms with Crippen molar-refractivity contribution in [1.29, 1.82) is 0 Å². The van der Waals surface area contributed by atoms with Crippen LogP contribution in [0, 0.1) is 12.3 Å². The molecular weight excluding hydrogens is 482 g/mol. The zero-order valence-electron chi connectivity index (χ0n) is 14.1. The predicted octanol–water partition coefficient (Wildman–Crippen LogP) is 3.14. The fourth-order valence-electron chi connectivity index (χ4n) is 2.53. The summed E-state index contributed by atoms with van der Waals surface area (Å²) in [5.74, 6) is 3.41. The molecule has 0 amide bonds. The summed E-state index contributed by atoms with van der Waals surface area (Å²) in [5, 5.41) is 6.34. The molecule has 0 aliphatic carbocycles. The van der Waals surface area contributed by atoms with E-state index >= 15 is 0 Å². The van der Waals surface area contributed by atoms with E-state index in [4.69, 9.17) is 18.0 Å². The molecule has 0 spiro atoms. The fourth-order valence-corrected chi connectivity index (χ4v) is 2.81.